The predicted molar refractivity (Wildman–Crippen MR) is 102 cm³/mol. The maximum Gasteiger partial charge on any atom is 0.123 e. The van der Waals surface area contributed by atoms with Gasteiger partial charge in [0.25, 0.3) is 0 Å². The van der Waals surface area contributed by atoms with E-state index in [1.54, 1.807) is 0 Å². The Morgan fingerprint density at radius 1 is 1.15 bits per heavy atom. The van der Waals surface area contributed by atoms with Crippen LogP contribution in [0.5, 0.6) is 5.75 Å². The number of ether oxygens (including phenoxy) is 1. The number of rotatable bonds is 8. The highest BCUT2D eigenvalue weighted by Crippen LogP contribution is 2.23. The SMILES string of the molecule is CCOc1ccccc1CN1CCN(Cc2ccc(C)o2)[C@@H](CCO)C1. The Labute approximate surface area is 156 Å². The average Bonchev–Trinajstić information content (AvgIpc) is 3.04. The largest absolute Gasteiger partial charge is 0.494 e. The smallest absolute Gasteiger partial charge is 0.123 e. The normalized spacial score (nSPS) is 19.0. The zero-order valence-corrected chi connectivity index (χ0v) is 15.9. The molecule has 5 nitrogen and oxygen atoms in total. The van der Waals surface area contributed by atoms with Crippen molar-refractivity contribution in [3.8, 4) is 5.75 Å². The molecule has 142 valence electrons. The maximum absolute atomic E-state index is 9.51. The average molecular weight is 358 g/mol. The maximum atomic E-state index is 9.51. The Morgan fingerprint density at radius 3 is 2.73 bits per heavy atom. The van der Waals surface area contributed by atoms with Gasteiger partial charge in [-0.2, -0.15) is 0 Å². The standard InChI is InChI=1S/C21H30N2O3/c1-3-25-21-7-5-4-6-18(21)14-22-11-12-23(19(15-22)10-13-24)16-20-9-8-17(2)26-20/h4-9,19,24H,3,10-16H2,1-2H3/t19-/m0/s1. The van der Waals surface area contributed by atoms with E-state index < -0.39 is 0 Å². The number of aliphatic hydroxyl groups is 1. The van der Waals surface area contributed by atoms with E-state index in [1.165, 1.54) is 5.56 Å². The number of nitrogens with zero attached hydrogens (tertiary/aromatic N) is 2. The third-order valence-corrected chi connectivity index (χ3v) is 4.97. The highest BCUT2D eigenvalue weighted by atomic mass is 16.5. The first-order valence-corrected chi connectivity index (χ1v) is 9.53. The van der Waals surface area contributed by atoms with Gasteiger partial charge in [-0.3, -0.25) is 9.80 Å². The van der Waals surface area contributed by atoms with Gasteiger partial charge in [-0.15, -0.1) is 0 Å². The molecule has 1 atom stereocenters. The highest BCUT2D eigenvalue weighted by Gasteiger charge is 2.27. The van der Waals surface area contributed by atoms with E-state index in [0.29, 0.717) is 12.6 Å². The Morgan fingerprint density at radius 2 is 2.00 bits per heavy atom. The predicted octanol–water partition coefficient (Wildman–Crippen LogP) is 3.06. The molecule has 0 radical (unpaired) electrons. The van der Waals surface area contributed by atoms with Gasteiger partial charge in [0, 0.05) is 44.4 Å². The third-order valence-electron chi connectivity index (χ3n) is 4.97. The highest BCUT2D eigenvalue weighted by molar-refractivity contribution is 5.33. The molecule has 26 heavy (non-hydrogen) atoms. The second kappa shape index (κ2) is 9.21. The van der Waals surface area contributed by atoms with Crippen LogP contribution in [-0.4, -0.2) is 53.8 Å². The van der Waals surface area contributed by atoms with Gasteiger partial charge in [0.2, 0.25) is 0 Å². The molecule has 3 rings (SSSR count). The van der Waals surface area contributed by atoms with Crippen LogP contribution in [0.2, 0.25) is 0 Å². The van der Waals surface area contributed by atoms with Crippen LogP contribution >= 0.6 is 0 Å². The van der Waals surface area contributed by atoms with Crippen molar-refractivity contribution in [1.82, 2.24) is 9.80 Å². The van der Waals surface area contributed by atoms with E-state index in [0.717, 1.165) is 56.4 Å². The summed E-state index contributed by atoms with van der Waals surface area (Å²) in [4.78, 5) is 4.89. The second-order valence-electron chi connectivity index (χ2n) is 6.92. The van der Waals surface area contributed by atoms with Crippen molar-refractivity contribution in [2.45, 2.75) is 39.4 Å². The van der Waals surface area contributed by atoms with Gasteiger partial charge < -0.3 is 14.3 Å². The molecular weight excluding hydrogens is 328 g/mol. The molecule has 1 aliphatic rings. The molecule has 0 spiro atoms. The topological polar surface area (TPSA) is 49.1 Å². The fourth-order valence-electron chi connectivity index (χ4n) is 3.67. The molecule has 5 heteroatoms. The van der Waals surface area contributed by atoms with Crippen LogP contribution in [0, 0.1) is 6.92 Å². The first-order chi connectivity index (χ1) is 12.7. The van der Waals surface area contributed by atoms with E-state index in [1.807, 2.05) is 32.0 Å². The minimum absolute atomic E-state index is 0.210. The van der Waals surface area contributed by atoms with Crippen molar-refractivity contribution in [1.29, 1.82) is 0 Å². The molecule has 1 saturated heterocycles. The quantitative estimate of drug-likeness (QED) is 0.786. The number of hydrogen-bond acceptors (Lipinski definition) is 5. The van der Waals surface area contributed by atoms with Gasteiger partial charge in [0.1, 0.15) is 17.3 Å². The fraction of sp³-hybridized carbons (Fsp3) is 0.524. The van der Waals surface area contributed by atoms with Crippen LogP contribution in [0.3, 0.4) is 0 Å². The molecule has 0 amide bonds. The molecule has 0 unspecified atom stereocenters. The van der Waals surface area contributed by atoms with E-state index in [-0.39, 0.29) is 6.61 Å². The van der Waals surface area contributed by atoms with Gasteiger partial charge in [-0.05, 0) is 38.5 Å². The molecule has 1 aliphatic heterocycles. The minimum atomic E-state index is 0.210. The van der Waals surface area contributed by atoms with Crippen molar-refractivity contribution in [2.75, 3.05) is 32.8 Å². The number of benzene rings is 1. The molecule has 0 bridgehead atoms. The van der Waals surface area contributed by atoms with E-state index in [2.05, 4.69) is 28.0 Å². The molecule has 0 saturated carbocycles. The summed E-state index contributed by atoms with van der Waals surface area (Å²) in [5.41, 5.74) is 1.23. The zero-order valence-electron chi connectivity index (χ0n) is 15.9. The zero-order chi connectivity index (χ0) is 18.4. The Bertz CT molecular complexity index is 685. The monoisotopic (exact) mass is 358 g/mol. The summed E-state index contributed by atoms with van der Waals surface area (Å²) >= 11 is 0. The summed E-state index contributed by atoms with van der Waals surface area (Å²) in [6.07, 6.45) is 0.781. The fourth-order valence-corrected chi connectivity index (χ4v) is 3.67. The van der Waals surface area contributed by atoms with E-state index in [9.17, 15) is 5.11 Å². The van der Waals surface area contributed by atoms with E-state index >= 15 is 0 Å². The van der Waals surface area contributed by atoms with Crippen molar-refractivity contribution in [3.05, 3.63) is 53.5 Å². The lowest BCUT2D eigenvalue weighted by atomic mass is 10.1. The molecule has 1 N–H and O–H groups in total. The van der Waals surface area contributed by atoms with Crippen LogP contribution in [0.1, 0.15) is 30.4 Å². The van der Waals surface area contributed by atoms with Gasteiger partial charge in [-0.1, -0.05) is 18.2 Å². The van der Waals surface area contributed by atoms with Crippen LogP contribution in [0.4, 0.5) is 0 Å². The van der Waals surface area contributed by atoms with Gasteiger partial charge in [-0.25, -0.2) is 0 Å². The summed E-state index contributed by atoms with van der Waals surface area (Å²) in [7, 11) is 0. The van der Waals surface area contributed by atoms with Crippen molar-refractivity contribution < 1.29 is 14.3 Å². The third kappa shape index (κ3) is 4.87. The lowest BCUT2D eigenvalue weighted by Gasteiger charge is -2.41. The van der Waals surface area contributed by atoms with Crippen molar-refractivity contribution >= 4 is 0 Å². The summed E-state index contributed by atoms with van der Waals surface area (Å²) in [6.45, 7) is 9.49. The van der Waals surface area contributed by atoms with E-state index in [4.69, 9.17) is 9.15 Å². The summed E-state index contributed by atoms with van der Waals surface area (Å²) in [5, 5.41) is 9.51. The van der Waals surface area contributed by atoms with Crippen molar-refractivity contribution in [3.63, 3.8) is 0 Å². The molecular formula is C21H30N2O3. The Balaban J connectivity index is 1.64. The lowest BCUT2D eigenvalue weighted by Crippen LogP contribution is -2.52. The summed E-state index contributed by atoms with van der Waals surface area (Å²) in [5.74, 6) is 2.92. The Hall–Kier alpha value is -1.82. The number of aryl methyl sites for hydroxylation is 1. The first-order valence-electron chi connectivity index (χ1n) is 9.53. The Kier molecular flexibility index (Phi) is 6.72. The summed E-state index contributed by atoms with van der Waals surface area (Å²) in [6, 6.07) is 12.7. The number of hydrogen-bond donors (Lipinski definition) is 1. The minimum Gasteiger partial charge on any atom is -0.494 e. The number of furan rings is 1. The first kappa shape index (κ1) is 19.0. The molecule has 2 aromatic rings. The van der Waals surface area contributed by atoms with Crippen molar-refractivity contribution in [2.24, 2.45) is 0 Å². The van der Waals surface area contributed by atoms with Gasteiger partial charge in [0.05, 0.1) is 13.2 Å². The van der Waals surface area contributed by atoms with Gasteiger partial charge >= 0.3 is 0 Å². The molecule has 1 aromatic heterocycles. The summed E-state index contributed by atoms with van der Waals surface area (Å²) < 4.78 is 11.5. The lowest BCUT2D eigenvalue weighted by molar-refractivity contribution is 0.0450. The van der Waals surface area contributed by atoms with Crippen LogP contribution in [0.25, 0.3) is 0 Å². The van der Waals surface area contributed by atoms with Crippen LogP contribution < -0.4 is 4.74 Å². The molecule has 1 fully saturated rings. The number of para-hydroxylation sites is 1. The van der Waals surface area contributed by atoms with Crippen LogP contribution in [0.15, 0.2) is 40.8 Å². The molecule has 2 heterocycles. The van der Waals surface area contributed by atoms with Crippen LogP contribution in [-0.2, 0) is 13.1 Å². The second-order valence-corrected chi connectivity index (χ2v) is 6.92. The number of piperazine rings is 1. The molecule has 1 aromatic carbocycles. The molecule has 0 aliphatic carbocycles. The number of aliphatic hydroxyl groups excluding tert-OH is 1. The van der Waals surface area contributed by atoms with Gasteiger partial charge in [0.15, 0.2) is 0 Å².